The van der Waals surface area contributed by atoms with Crippen LogP contribution in [-0.4, -0.2) is 64.1 Å². The number of nitrogens with zero attached hydrogens (tertiary/aromatic N) is 1. The van der Waals surface area contributed by atoms with Gasteiger partial charge in [-0.1, -0.05) is 35.6 Å². The molecule has 4 N–H and O–H groups in total. The first-order chi connectivity index (χ1) is 21.6. The molecule has 1 unspecified atom stereocenters. The van der Waals surface area contributed by atoms with Gasteiger partial charge in [-0.3, -0.25) is 9.89 Å². The van der Waals surface area contributed by atoms with Gasteiger partial charge in [0.25, 0.3) is 0 Å². The number of hydrogen-bond donors (Lipinski definition) is 4. The van der Waals surface area contributed by atoms with E-state index in [-0.39, 0.29) is 29.6 Å². The lowest BCUT2D eigenvalue weighted by molar-refractivity contribution is -0.124. The number of aryl methyl sites for hydroxylation is 1. The topological polar surface area (TPSA) is 160 Å². The van der Waals surface area contributed by atoms with Crippen LogP contribution in [0.3, 0.4) is 0 Å². The molecule has 1 fully saturated rings. The number of methoxy groups -OCH3 is 2. The Morgan fingerprint density at radius 1 is 1.20 bits per heavy atom. The number of fused-ring (bicyclic) bond motifs is 2. The van der Waals surface area contributed by atoms with E-state index in [1.807, 2.05) is 6.07 Å². The highest BCUT2D eigenvalue weighted by atomic mass is 35.5. The molecule has 2 aliphatic carbocycles. The number of aliphatic hydroxyl groups is 1. The summed E-state index contributed by atoms with van der Waals surface area (Å²) in [6.45, 7) is 0. The Bertz CT molecular complexity index is 1680. The zero-order valence-corrected chi connectivity index (χ0v) is 25.7. The number of aromatic nitrogens is 2. The van der Waals surface area contributed by atoms with Gasteiger partial charge in [-0.2, -0.15) is 5.10 Å². The first-order valence-electron chi connectivity index (χ1n) is 14.7. The number of esters is 1. The second-order valence-corrected chi connectivity index (χ2v) is 11.6. The molecule has 0 spiro atoms. The van der Waals surface area contributed by atoms with Crippen LogP contribution in [0.1, 0.15) is 87.9 Å². The predicted octanol–water partition coefficient (Wildman–Crippen LogP) is 4.40. The van der Waals surface area contributed by atoms with E-state index in [0.29, 0.717) is 34.9 Å². The smallest absolute Gasteiger partial charge is 0.356 e. The van der Waals surface area contributed by atoms with E-state index < -0.39 is 23.6 Å². The molecule has 2 aromatic carbocycles. The maximum absolute atomic E-state index is 12.8. The number of carbonyl (C=O) groups excluding carboxylic acids is 2. The van der Waals surface area contributed by atoms with Crippen LogP contribution in [0.25, 0.3) is 0 Å². The quantitative estimate of drug-likeness (QED) is 0.227. The second-order valence-electron chi connectivity index (χ2n) is 11.2. The molecule has 3 aliphatic rings. The second kappa shape index (κ2) is 13.6. The van der Waals surface area contributed by atoms with Crippen LogP contribution in [0.15, 0.2) is 36.4 Å². The average Bonchev–Trinajstić information content (AvgIpc) is 3.71. The summed E-state index contributed by atoms with van der Waals surface area (Å²) in [5.74, 6) is 4.92. The predicted molar refractivity (Wildman–Crippen MR) is 164 cm³/mol. The minimum atomic E-state index is -1.20. The van der Waals surface area contributed by atoms with Crippen LogP contribution >= 0.6 is 11.6 Å². The number of ether oxygens (including phenoxy) is 3. The van der Waals surface area contributed by atoms with Crippen molar-refractivity contribution in [1.29, 1.82) is 0 Å². The van der Waals surface area contributed by atoms with Gasteiger partial charge in [-0.15, -0.1) is 0 Å². The molecule has 12 heteroatoms. The van der Waals surface area contributed by atoms with Gasteiger partial charge >= 0.3 is 11.9 Å². The third kappa shape index (κ3) is 7.24. The molecule has 236 valence electrons. The van der Waals surface area contributed by atoms with Gasteiger partial charge in [0.1, 0.15) is 17.3 Å². The molecule has 0 saturated heterocycles. The van der Waals surface area contributed by atoms with Crippen molar-refractivity contribution in [3.63, 3.8) is 0 Å². The Labute approximate surface area is 265 Å². The summed E-state index contributed by atoms with van der Waals surface area (Å²) in [4.78, 5) is 35.8. The van der Waals surface area contributed by atoms with Gasteiger partial charge in [-0.05, 0) is 62.8 Å². The Morgan fingerprint density at radius 2 is 2.02 bits per heavy atom. The third-order valence-electron chi connectivity index (χ3n) is 8.11. The first kappa shape index (κ1) is 31.9. The number of aromatic amines is 1. The highest BCUT2D eigenvalue weighted by Crippen LogP contribution is 2.43. The number of halogens is 1. The number of carbonyl (C=O) groups is 3. The summed E-state index contributed by atoms with van der Waals surface area (Å²) >= 11 is 6.00. The normalized spacial score (nSPS) is 21.2. The summed E-state index contributed by atoms with van der Waals surface area (Å²) in [6.07, 6.45) is 4.40. The molecule has 2 heterocycles. The number of hydrogen-bond acceptors (Lipinski definition) is 8. The zero-order chi connectivity index (χ0) is 32.1. The van der Waals surface area contributed by atoms with Crippen LogP contribution in [0.4, 0.5) is 0 Å². The lowest BCUT2D eigenvalue weighted by atomic mass is 9.82. The van der Waals surface area contributed by atoms with Crippen molar-refractivity contribution >= 4 is 29.4 Å². The maximum atomic E-state index is 12.8. The summed E-state index contributed by atoms with van der Waals surface area (Å²) in [6, 6.07) is 10.3. The Hall–Kier alpha value is -4.53. The van der Waals surface area contributed by atoms with Crippen LogP contribution < -0.4 is 14.8 Å². The maximum Gasteiger partial charge on any atom is 0.356 e. The van der Waals surface area contributed by atoms with E-state index in [9.17, 15) is 19.5 Å². The van der Waals surface area contributed by atoms with Crippen molar-refractivity contribution in [2.45, 2.75) is 69.1 Å². The molecule has 1 aliphatic heterocycles. The number of cyclic esters (lactones) is 1. The lowest BCUT2D eigenvalue weighted by Gasteiger charge is -2.33. The molecule has 3 atom stereocenters. The summed E-state index contributed by atoms with van der Waals surface area (Å²) < 4.78 is 16.0. The number of rotatable bonds is 6. The molecule has 1 saturated carbocycles. The summed E-state index contributed by atoms with van der Waals surface area (Å²) in [7, 11) is 2.94. The molecule has 0 bridgehead atoms. The van der Waals surface area contributed by atoms with Crippen molar-refractivity contribution in [2.24, 2.45) is 0 Å². The standard InChI is InChI=1S/C26H26ClNO6.C7H8N2O2/c1-32-20-9-8-19-21(34-25(30)23(19)24(20)33-2)14-22(29)28-18-7-4-11-26(31,15-18)12-10-16-5-3-6-17(27)13-16;10-7(11)6-4-2-1-3-5(4)8-9-6/h3,5-6,8-9,13,18,21,31H,4,7,11,14-15H2,1-2H3,(H,28,29);1-3H2,(H,8,9)(H,10,11)/t18-,21?,26+;/m0./s1. The van der Waals surface area contributed by atoms with E-state index >= 15 is 0 Å². The molecular weight excluding hydrogens is 602 g/mol. The van der Waals surface area contributed by atoms with E-state index in [0.717, 1.165) is 48.9 Å². The van der Waals surface area contributed by atoms with Crippen molar-refractivity contribution in [3.8, 4) is 23.3 Å². The van der Waals surface area contributed by atoms with Crippen molar-refractivity contribution in [3.05, 3.63) is 75.1 Å². The minimum absolute atomic E-state index is 0.0304. The van der Waals surface area contributed by atoms with E-state index in [1.165, 1.54) is 14.2 Å². The van der Waals surface area contributed by atoms with E-state index in [2.05, 4.69) is 27.4 Å². The molecular formula is C33H34ClN3O8. The number of aromatic carboxylic acids is 1. The SMILES string of the molecule is COc1ccc2c(c1OC)C(=O)OC2CC(=O)N[C@H]1CCC[C@@](O)(C#Cc2cccc(Cl)c2)C1.O=C(O)c1n[nH]c2c1CCC2. The fraction of sp³-hybridized carbons (Fsp3) is 0.394. The van der Waals surface area contributed by atoms with Crippen LogP contribution in [0.2, 0.25) is 5.02 Å². The van der Waals surface area contributed by atoms with Crippen LogP contribution in [-0.2, 0) is 22.4 Å². The number of carboxylic acid groups (broad SMARTS) is 1. The number of benzene rings is 2. The van der Waals surface area contributed by atoms with Gasteiger partial charge in [0.15, 0.2) is 17.2 Å². The van der Waals surface area contributed by atoms with E-state index in [1.54, 1.807) is 30.3 Å². The number of amides is 1. The highest BCUT2D eigenvalue weighted by Gasteiger charge is 2.38. The average molecular weight is 636 g/mol. The molecule has 3 aromatic rings. The largest absolute Gasteiger partial charge is 0.493 e. The molecule has 6 rings (SSSR count). The molecule has 1 amide bonds. The fourth-order valence-corrected chi connectivity index (χ4v) is 6.21. The Balaban J connectivity index is 0.000000304. The molecule has 45 heavy (non-hydrogen) atoms. The van der Waals surface area contributed by atoms with Crippen molar-refractivity contribution < 1.29 is 38.8 Å². The van der Waals surface area contributed by atoms with Gasteiger partial charge in [0.2, 0.25) is 5.91 Å². The number of carboxylic acids is 1. The monoisotopic (exact) mass is 635 g/mol. The van der Waals surface area contributed by atoms with Gasteiger partial charge in [0, 0.05) is 39.9 Å². The minimum Gasteiger partial charge on any atom is -0.493 e. The summed E-state index contributed by atoms with van der Waals surface area (Å²) in [5.41, 5.74) is 2.50. The van der Waals surface area contributed by atoms with Crippen LogP contribution in [0, 0.1) is 11.8 Å². The fourth-order valence-electron chi connectivity index (χ4n) is 6.02. The van der Waals surface area contributed by atoms with Gasteiger partial charge in [-0.25, -0.2) is 9.59 Å². The number of H-pyrrole nitrogens is 1. The zero-order valence-electron chi connectivity index (χ0n) is 24.9. The molecule has 0 radical (unpaired) electrons. The molecule has 11 nitrogen and oxygen atoms in total. The summed E-state index contributed by atoms with van der Waals surface area (Å²) in [5, 5.41) is 29.6. The molecule has 1 aromatic heterocycles. The lowest BCUT2D eigenvalue weighted by Crippen LogP contribution is -2.45. The van der Waals surface area contributed by atoms with Gasteiger partial charge in [0.05, 0.1) is 20.6 Å². The van der Waals surface area contributed by atoms with Crippen molar-refractivity contribution in [2.75, 3.05) is 14.2 Å². The van der Waals surface area contributed by atoms with Crippen molar-refractivity contribution in [1.82, 2.24) is 15.5 Å². The third-order valence-corrected chi connectivity index (χ3v) is 8.35. The highest BCUT2D eigenvalue weighted by molar-refractivity contribution is 6.30. The Kier molecular flexibility index (Phi) is 9.65. The Morgan fingerprint density at radius 3 is 2.76 bits per heavy atom. The number of nitrogens with one attached hydrogen (secondary N) is 2. The first-order valence-corrected chi connectivity index (χ1v) is 15.0. The van der Waals surface area contributed by atoms with Crippen LogP contribution in [0.5, 0.6) is 11.5 Å². The van der Waals surface area contributed by atoms with E-state index in [4.69, 9.17) is 30.9 Å². The van der Waals surface area contributed by atoms with Gasteiger partial charge < -0.3 is 29.7 Å².